The van der Waals surface area contributed by atoms with Gasteiger partial charge in [0.05, 0.1) is 17.7 Å². The Bertz CT molecular complexity index is 494. The highest BCUT2D eigenvalue weighted by atomic mass is 19.1. The molecule has 0 saturated carbocycles. The van der Waals surface area contributed by atoms with Crippen LogP contribution in [0.5, 0.6) is 0 Å². The van der Waals surface area contributed by atoms with Crippen molar-refractivity contribution in [1.29, 1.82) is 5.26 Å². The van der Waals surface area contributed by atoms with Gasteiger partial charge >= 0.3 is 0 Å². The van der Waals surface area contributed by atoms with Gasteiger partial charge in [0.15, 0.2) is 0 Å². The molecular formula is C14H18FN3O. The van der Waals surface area contributed by atoms with E-state index in [4.69, 9.17) is 5.26 Å². The molecule has 19 heavy (non-hydrogen) atoms. The van der Waals surface area contributed by atoms with Crippen LogP contribution in [0.2, 0.25) is 0 Å². The summed E-state index contributed by atoms with van der Waals surface area (Å²) in [6.07, 6.45) is 0. The summed E-state index contributed by atoms with van der Waals surface area (Å²) in [5.74, 6) is -0.563. The van der Waals surface area contributed by atoms with Gasteiger partial charge in [0.25, 0.3) is 0 Å². The third kappa shape index (κ3) is 4.68. The van der Waals surface area contributed by atoms with Gasteiger partial charge in [0, 0.05) is 18.2 Å². The lowest BCUT2D eigenvalue weighted by Crippen LogP contribution is -2.44. The zero-order valence-corrected chi connectivity index (χ0v) is 11.3. The number of amides is 1. The van der Waals surface area contributed by atoms with Gasteiger partial charge < -0.3 is 10.6 Å². The third-order valence-corrected chi connectivity index (χ3v) is 2.61. The van der Waals surface area contributed by atoms with Gasteiger partial charge in [-0.05, 0) is 32.9 Å². The van der Waals surface area contributed by atoms with Gasteiger partial charge in [-0.1, -0.05) is 6.07 Å². The fraction of sp³-hybridized carbons (Fsp3) is 0.429. The first kappa shape index (κ1) is 15.1. The maximum Gasteiger partial charge on any atom is 0.237 e. The van der Waals surface area contributed by atoms with E-state index >= 15 is 0 Å². The summed E-state index contributed by atoms with van der Waals surface area (Å²) < 4.78 is 13.6. The fourth-order valence-electron chi connectivity index (χ4n) is 1.53. The first-order valence-electron chi connectivity index (χ1n) is 6.16. The normalized spacial score (nSPS) is 12.0. The standard InChI is InChI=1S/C14H18FN3O/c1-9(2)18-14(19)10(3)17-8-12-5-4-11(7-16)6-13(12)15/h4-6,9-10,17H,8H2,1-3H3,(H,18,19). The van der Waals surface area contributed by atoms with Gasteiger partial charge in [-0.3, -0.25) is 4.79 Å². The zero-order valence-electron chi connectivity index (χ0n) is 11.3. The number of carbonyl (C=O) groups excluding carboxylic acids is 1. The number of nitrogens with zero attached hydrogens (tertiary/aromatic N) is 1. The molecule has 4 nitrogen and oxygen atoms in total. The summed E-state index contributed by atoms with van der Waals surface area (Å²) in [5, 5.41) is 14.4. The molecule has 1 aromatic rings. The van der Waals surface area contributed by atoms with Crippen molar-refractivity contribution >= 4 is 5.91 Å². The first-order chi connectivity index (χ1) is 8.93. The van der Waals surface area contributed by atoms with Gasteiger partial charge in [-0.15, -0.1) is 0 Å². The summed E-state index contributed by atoms with van der Waals surface area (Å²) in [5.41, 5.74) is 0.718. The SMILES string of the molecule is CC(C)NC(=O)C(C)NCc1ccc(C#N)cc1F. The average Bonchev–Trinajstić information content (AvgIpc) is 2.35. The molecule has 0 aliphatic carbocycles. The molecule has 0 aliphatic rings. The number of halogens is 1. The van der Waals surface area contributed by atoms with Crippen molar-refractivity contribution in [3.63, 3.8) is 0 Å². The van der Waals surface area contributed by atoms with Crippen LogP contribution in [-0.4, -0.2) is 18.0 Å². The lowest BCUT2D eigenvalue weighted by atomic mass is 10.1. The van der Waals surface area contributed by atoms with E-state index in [-0.39, 0.29) is 24.1 Å². The number of hydrogen-bond acceptors (Lipinski definition) is 3. The molecule has 102 valence electrons. The molecule has 0 bridgehead atoms. The lowest BCUT2D eigenvalue weighted by Gasteiger charge is -2.16. The molecular weight excluding hydrogens is 245 g/mol. The second kappa shape index (κ2) is 6.86. The van der Waals surface area contributed by atoms with Crippen LogP contribution in [0, 0.1) is 17.1 Å². The van der Waals surface area contributed by atoms with Crippen LogP contribution in [0.25, 0.3) is 0 Å². The number of nitrogens with one attached hydrogen (secondary N) is 2. The van der Waals surface area contributed by atoms with E-state index in [1.54, 1.807) is 19.1 Å². The van der Waals surface area contributed by atoms with Gasteiger partial charge in [-0.25, -0.2) is 4.39 Å². The molecule has 1 amide bonds. The number of rotatable bonds is 5. The Hall–Kier alpha value is -1.93. The van der Waals surface area contributed by atoms with Crippen LogP contribution < -0.4 is 10.6 Å². The summed E-state index contributed by atoms with van der Waals surface area (Å²) >= 11 is 0. The van der Waals surface area contributed by atoms with Crippen molar-refractivity contribution in [2.45, 2.75) is 39.4 Å². The van der Waals surface area contributed by atoms with Gasteiger partial charge in [0.2, 0.25) is 5.91 Å². The first-order valence-corrected chi connectivity index (χ1v) is 6.16. The van der Waals surface area contributed by atoms with Crippen LogP contribution in [0.1, 0.15) is 31.9 Å². The Morgan fingerprint density at radius 2 is 2.11 bits per heavy atom. The van der Waals surface area contributed by atoms with Crippen LogP contribution in [-0.2, 0) is 11.3 Å². The van der Waals surface area contributed by atoms with Crippen molar-refractivity contribution in [3.05, 3.63) is 35.1 Å². The molecule has 0 spiro atoms. The molecule has 5 heteroatoms. The van der Waals surface area contributed by atoms with E-state index in [1.807, 2.05) is 19.9 Å². The predicted octanol–water partition coefficient (Wildman–Crippen LogP) is 1.70. The summed E-state index contributed by atoms with van der Waals surface area (Å²) in [6.45, 7) is 5.72. The van der Waals surface area contributed by atoms with Crippen LogP contribution >= 0.6 is 0 Å². The van der Waals surface area contributed by atoms with Crippen LogP contribution in [0.4, 0.5) is 4.39 Å². The number of carbonyl (C=O) groups is 1. The highest BCUT2D eigenvalue weighted by molar-refractivity contribution is 5.81. The molecule has 0 radical (unpaired) electrons. The van der Waals surface area contributed by atoms with Crippen molar-refractivity contribution in [2.75, 3.05) is 0 Å². The Balaban J connectivity index is 2.57. The monoisotopic (exact) mass is 263 g/mol. The number of benzene rings is 1. The quantitative estimate of drug-likeness (QED) is 0.849. The van der Waals surface area contributed by atoms with E-state index in [9.17, 15) is 9.18 Å². The van der Waals surface area contributed by atoms with Gasteiger partial charge in [0.1, 0.15) is 5.82 Å². The van der Waals surface area contributed by atoms with Gasteiger partial charge in [-0.2, -0.15) is 5.26 Å². The van der Waals surface area contributed by atoms with Crippen molar-refractivity contribution in [2.24, 2.45) is 0 Å². The molecule has 0 fully saturated rings. The Morgan fingerprint density at radius 3 is 2.63 bits per heavy atom. The smallest absolute Gasteiger partial charge is 0.237 e. The van der Waals surface area contributed by atoms with Crippen molar-refractivity contribution in [1.82, 2.24) is 10.6 Å². The molecule has 0 heterocycles. The summed E-state index contributed by atoms with van der Waals surface area (Å²) in [4.78, 5) is 11.6. The number of hydrogen-bond donors (Lipinski definition) is 2. The van der Waals surface area contributed by atoms with Crippen molar-refractivity contribution < 1.29 is 9.18 Å². The minimum Gasteiger partial charge on any atom is -0.353 e. The molecule has 1 unspecified atom stereocenters. The fourth-order valence-corrected chi connectivity index (χ4v) is 1.53. The van der Waals surface area contributed by atoms with E-state index in [0.717, 1.165) is 0 Å². The zero-order chi connectivity index (χ0) is 14.4. The molecule has 1 rings (SSSR count). The van der Waals surface area contributed by atoms with Crippen molar-refractivity contribution in [3.8, 4) is 6.07 Å². The number of nitriles is 1. The lowest BCUT2D eigenvalue weighted by molar-refractivity contribution is -0.123. The highest BCUT2D eigenvalue weighted by Gasteiger charge is 2.13. The Morgan fingerprint density at radius 1 is 1.42 bits per heavy atom. The minimum absolute atomic E-state index is 0.0726. The maximum absolute atomic E-state index is 13.6. The maximum atomic E-state index is 13.6. The van der Waals surface area contributed by atoms with Crippen LogP contribution in [0.15, 0.2) is 18.2 Å². The summed E-state index contributed by atoms with van der Waals surface area (Å²) in [6, 6.07) is 5.84. The molecule has 0 aliphatic heterocycles. The Kier molecular flexibility index (Phi) is 5.46. The predicted molar refractivity (Wildman–Crippen MR) is 70.7 cm³/mol. The second-order valence-electron chi connectivity index (χ2n) is 4.68. The van der Waals surface area contributed by atoms with E-state index in [1.165, 1.54) is 6.07 Å². The molecule has 2 N–H and O–H groups in total. The topological polar surface area (TPSA) is 64.9 Å². The largest absolute Gasteiger partial charge is 0.353 e. The third-order valence-electron chi connectivity index (χ3n) is 2.61. The molecule has 0 saturated heterocycles. The van der Waals surface area contributed by atoms with E-state index in [0.29, 0.717) is 5.56 Å². The second-order valence-corrected chi connectivity index (χ2v) is 4.68. The summed E-state index contributed by atoms with van der Waals surface area (Å²) in [7, 11) is 0. The van der Waals surface area contributed by atoms with Crippen LogP contribution in [0.3, 0.4) is 0 Å². The molecule has 1 atom stereocenters. The van der Waals surface area contributed by atoms with E-state index in [2.05, 4.69) is 10.6 Å². The van der Waals surface area contributed by atoms with E-state index < -0.39 is 11.9 Å². The average molecular weight is 263 g/mol. The Labute approximate surface area is 112 Å². The molecule has 1 aromatic carbocycles. The highest BCUT2D eigenvalue weighted by Crippen LogP contribution is 2.09. The minimum atomic E-state index is -0.442. The molecule has 0 aromatic heterocycles.